The van der Waals surface area contributed by atoms with E-state index in [0.29, 0.717) is 5.75 Å². The molecule has 1 amide bonds. The van der Waals surface area contributed by atoms with E-state index in [1.807, 2.05) is 0 Å². The summed E-state index contributed by atoms with van der Waals surface area (Å²) in [5, 5.41) is 9.41. The summed E-state index contributed by atoms with van der Waals surface area (Å²) in [6, 6.07) is 5.86. The van der Waals surface area contributed by atoms with Crippen LogP contribution < -0.4 is 10.5 Å². The molecule has 19 heavy (non-hydrogen) atoms. The number of benzene rings is 1. The second-order valence-electron chi connectivity index (χ2n) is 3.84. The van der Waals surface area contributed by atoms with Crippen LogP contribution in [0.15, 0.2) is 29.2 Å². The van der Waals surface area contributed by atoms with Gasteiger partial charge in [-0.15, -0.1) is 0 Å². The number of nitrogens with two attached hydrogens (primary N) is 1. The van der Waals surface area contributed by atoms with Gasteiger partial charge in [-0.05, 0) is 18.2 Å². The Balaban J connectivity index is 2.56. The Morgan fingerprint density at radius 3 is 2.68 bits per heavy atom. The molecule has 0 aromatic heterocycles. The van der Waals surface area contributed by atoms with E-state index in [1.54, 1.807) is 6.07 Å². The minimum absolute atomic E-state index is 0.118. The Hall–Kier alpha value is -1.80. The van der Waals surface area contributed by atoms with Crippen molar-refractivity contribution >= 4 is 15.9 Å². The molecule has 0 fully saturated rings. The Labute approximate surface area is 110 Å². The molecule has 0 saturated heterocycles. The van der Waals surface area contributed by atoms with Crippen LogP contribution in [0.4, 0.5) is 4.79 Å². The minimum atomic E-state index is -3.31. The predicted octanol–water partition coefficient (Wildman–Crippen LogP) is -0.0749. The lowest BCUT2D eigenvalue weighted by Crippen LogP contribution is -2.27. The van der Waals surface area contributed by atoms with Gasteiger partial charge in [0.05, 0.1) is 4.90 Å². The van der Waals surface area contributed by atoms with Gasteiger partial charge in [-0.3, -0.25) is 0 Å². The summed E-state index contributed by atoms with van der Waals surface area (Å²) in [7, 11) is -3.31. The molecule has 0 unspecified atom stereocenters. The number of amides is 1. The van der Waals surface area contributed by atoms with Gasteiger partial charge in [0.2, 0.25) is 0 Å². The smallest absolute Gasteiger partial charge is 0.404 e. The summed E-state index contributed by atoms with van der Waals surface area (Å²) in [5.74, 6) is 0.293. The van der Waals surface area contributed by atoms with Crippen LogP contribution in [0.3, 0.4) is 0 Å². The molecule has 1 aromatic rings. The summed E-state index contributed by atoms with van der Waals surface area (Å²) < 4.78 is 32.2. The van der Waals surface area contributed by atoms with Gasteiger partial charge in [0.1, 0.15) is 25.1 Å². The quantitative estimate of drug-likeness (QED) is 0.757. The molecule has 0 aliphatic heterocycles. The number of hydrogen-bond donors (Lipinski definition) is 2. The van der Waals surface area contributed by atoms with E-state index < -0.39 is 22.0 Å². The van der Waals surface area contributed by atoms with Gasteiger partial charge >= 0.3 is 6.09 Å². The maximum Gasteiger partial charge on any atom is 0.404 e. The Bertz CT molecular complexity index is 542. The second-order valence-corrected chi connectivity index (χ2v) is 5.86. The zero-order valence-electron chi connectivity index (χ0n) is 10.3. The van der Waals surface area contributed by atoms with Crippen LogP contribution in [0.25, 0.3) is 0 Å². The van der Waals surface area contributed by atoms with Gasteiger partial charge in [-0.2, -0.15) is 0 Å². The molecule has 3 N–H and O–H groups in total. The zero-order chi connectivity index (χ0) is 14.5. The van der Waals surface area contributed by atoms with E-state index >= 15 is 0 Å². The molecule has 106 valence electrons. The Kier molecular flexibility index (Phi) is 5.13. The van der Waals surface area contributed by atoms with Crippen molar-refractivity contribution < 1.29 is 27.8 Å². The second kappa shape index (κ2) is 6.39. The lowest BCUT2D eigenvalue weighted by atomic mass is 10.3. The number of ether oxygens (including phenoxy) is 2. The maximum absolute atomic E-state index is 11.3. The molecule has 8 heteroatoms. The van der Waals surface area contributed by atoms with Gasteiger partial charge in [-0.25, -0.2) is 13.2 Å². The summed E-state index contributed by atoms with van der Waals surface area (Å²) in [6.07, 6.45) is -0.950. The van der Waals surface area contributed by atoms with E-state index in [-0.39, 0.29) is 18.1 Å². The molecular formula is C11H15NO6S. The van der Waals surface area contributed by atoms with Gasteiger partial charge in [0.15, 0.2) is 9.84 Å². The fourth-order valence-electron chi connectivity index (χ4n) is 1.21. The van der Waals surface area contributed by atoms with Gasteiger partial charge in [0.25, 0.3) is 0 Å². The van der Waals surface area contributed by atoms with Crippen molar-refractivity contribution in [3.63, 3.8) is 0 Å². The number of aliphatic hydroxyl groups is 1. The monoisotopic (exact) mass is 289 g/mol. The highest BCUT2D eigenvalue weighted by Gasteiger charge is 2.10. The number of aliphatic hydroxyl groups excluding tert-OH is 1. The predicted molar refractivity (Wildman–Crippen MR) is 66.6 cm³/mol. The molecule has 7 nitrogen and oxygen atoms in total. The highest BCUT2D eigenvalue weighted by molar-refractivity contribution is 7.90. The molecule has 0 aliphatic carbocycles. The third kappa shape index (κ3) is 5.58. The number of carbonyl (C=O) groups is 1. The normalized spacial score (nSPS) is 12.7. The first-order valence-corrected chi connectivity index (χ1v) is 7.21. The van der Waals surface area contributed by atoms with Gasteiger partial charge in [0, 0.05) is 6.26 Å². The van der Waals surface area contributed by atoms with Crippen LogP contribution in [0.2, 0.25) is 0 Å². The fourth-order valence-corrected chi connectivity index (χ4v) is 1.87. The molecule has 0 spiro atoms. The third-order valence-corrected chi connectivity index (χ3v) is 3.20. The number of sulfone groups is 1. The summed E-state index contributed by atoms with van der Waals surface area (Å²) >= 11 is 0. The van der Waals surface area contributed by atoms with Gasteiger partial charge < -0.3 is 20.3 Å². The number of primary amides is 1. The number of hydrogen-bond acceptors (Lipinski definition) is 6. The SMILES string of the molecule is CS(=O)(=O)c1cccc(OC[C@@H](O)COC(N)=O)c1. The first-order valence-electron chi connectivity index (χ1n) is 5.32. The van der Waals surface area contributed by atoms with Crippen LogP contribution in [0.5, 0.6) is 5.75 Å². The van der Waals surface area contributed by atoms with Crippen molar-refractivity contribution in [1.29, 1.82) is 0 Å². The van der Waals surface area contributed by atoms with Gasteiger partial charge in [-0.1, -0.05) is 6.07 Å². The lowest BCUT2D eigenvalue weighted by Gasteiger charge is -2.12. The van der Waals surface area contributed by atoms with E-state index in [9.17, 15) is 18.3 Å². The first-order chi connectivity index (χ1) is 8.79. The molecule has 0 bridgehead atoms. The van der Waals surface area contributed by atoms with Crippen LogP contribution in [-0.4, -0.2) is 45.2 Å². The Morgan fingerprint density at radius 2 is 2.11 bits per heavy atom. The van der Waals surface area contributed by atoms with Crippen LogP contribution in [-0.2, 0) is 14.6 Å². The number of carbonyl (C=O) groups excluding carboxylic acids is 1. The Morgan fingerprint density at radius 1 is 1.42 bits per heavy atom. The molecule has 0 heterocycles. The van der Waals surface area contributed by atoms with Crippen molar-refractivity contribution in [2.24, 2.45) is 5.73 Å². The van der Waals surface area contributed by atoms with Crippen molar-refractivity contribution in [3.8, 4) is 5.75 Å². The van der Waals surface area contributed by atoms with Crippen LogP contribution in [0, 0.1) is 0 Å². The number of rotatable bonds is 6. The van der Waals surface area contributed by atoms with Crippen LogP contribution >= 0.6 is 0 Å². The van der Waals surface area contributed by atoms with Crippen LogP contribution in [0.1, 0.15) is 0 Å². The summed E-state index contributed by atoms with van der Waals surface area (Å²) in [5.41, 5.74) is 4.74. The highest BCUT2D eigenvalue weighted by Crippen LogP contribution is 2.17. The fraction of sp³-hybridized carbons (Fsp3) is 0.364. The first kappa shape index (κ1) is 15.3. The molecular weight excluding hydrogens is 274 g/mol. The largest absolute Gasteiger partial charge is 0.491 e. The lowest BCUT2D eigenvalue weighted by molar-refractivity contribution is 0.0419. The molecule has 1 rings (SSSR count). The minimum Gasteiger partial charge on any atom is -0.491 e. The standard InChI is InChI=1S/C11H15NO6S/c1-19(15,16)10-4-2-3-9(5-10)17-6-8(13)7-18-11(12)14/h2-5,8,13H,6-7H2,1H3,(H2,12,14)/t8-/m1/s1. The molecule has 0 radical (unpaired) electrons. The highest BCUT2D eigenvalue weighted by atomic mass is 32.2. The molecule has 1 aromatic carbocycles. The van der Waals surface area contributed by atoms with E-state index in [2.05, 4.69) is 4.74 Å². The topological polar surface area (TPSA) is 116 Å². The molecule has 0 aliphatic rings. The average Bonchev–Trinajstić information content (AvgIpc) is 2.33. The van der Waals surface area contributed by atoms with Crippen molar-refractivity contribution in [2.75, 3.05) is 19.5 Å². The van der Waals surface area contributed by atoms with Crippen molar-refractivity contribution in [2.45, 2.75) is 11.0 Å². The molecule has 1 atom stereocenters. The summed E-state index contributed by atoms with van der Waals surface area (Å²) in [6.45, 7) is -0.443. The maximum atomic E-state index is 11.3. The van der Waals surface area contributed by atoms with E-state index in [4.69, 9.17) is 10.5 Å². The molecule has 0 saturated carbocycles. The average molecular weight is 289 g/mol. The van der Waals surface area contributed by atoms with Crippen molar-refractivity contribution in [3.05, 3.63) is 24.3 Å². The summed E-state index contributed by atoms with van der Waals surface area (Å²) in [4.78, 5) is 10.4. The van der Waals surface area contributed by atoms with E-state index in [0.717, 1.165) is 6.26 Å². The van der Waals surface area contributed by atoms with Crippen molar-refractivity contribution in [1.82, 2.24) is 0 Å². The zero-order valence-corrected chi connectivity index (χ0v) is 11.1. The van der Waals surface area contributed by atoms with E-state index in [1.165, 1.54) is 18.2 Å². The third-order valence-electron chi connectivity index (χ3n) is 2.09.